The lowest BCUT2D eigenvalue weighted by molar-refractivity contribution is -0.136. The molecular formula is C10H16N4O3. The summed E-state index contributed by atoms with van der Waals surface area (Å²) in [6, 6.07) is 1.66. The van der Waals surface area contributed by atoms with Crippen molar-refractivity contribution in [3.8, 4) is 0 Å². The Balaban J connectivity index is 2.45. The number of anilines is 2. The van der Waals surface area contributed by atoms with Gasteiger partial charge in [0.2, 0.25) is 0 Å². The lowest BCUT2D eigenvalue weighted by Crippen LogP contribution is -2.16. The fraction of sp³-hybridized carbons (Fsp3) is 0.500. The molecule has 0 bridgehead atoms. The molecule has 1 rings (SSSR count). The quantitative estimate of drug-likeness (QED) is 0.537. The van der Waals surface area contributed by atoms with Gasteiger partial charge >= 0.3 is 5.97 Å². The molecule has 0 aliphatic rings. The summed E-state index contributed by atoms with van der Waals surface area (Å²) in [6.45, 7) is 2.37. The summed E-state index contributed by atoms with van der Waals surface area (Å²) in [5.74, 6) is 0.270. The zero-order valence-corrected chi connectivity index (χ0v) is 9.55. The first-order valence-electron chi connectivity index (χ1n) is 5.27. The first-order chi connectivity index (χ1) is 8.08. The van der Waals surface area contributed by atoms with Crippen LogP contribution >= 0.6 is 0 Å². The van der Waals surface area contributed by atoms with Gasteiger partial charge in [-0.05, 0) is 6.92 Å². The van der Waals surface area contributed by atoms with Gasteiger partial charge in [-0.1, -0.05) is 0 Å². The highest BCUT2D eigenvalue weighted by molar-refractivity contribution is 5.67. The van der Waals surface area contributed by atoms with Crippen LogP contribution < -0.4 is 10.6 Å². The maximum absolute atomic E-state index is 10.3. The van der Waals surface area contributed by atoms with Gasteiger partial charge in [0.1, 0.15) is 18.0 Å². The number of carboxylic acid groups (broad SMARTS) is 1. The Hall–Kier alpha value is -1.89. The molecule has 1 atom stereocenters. The highest BCUT2D eigenvalue weighted by Crippen LogP contribution is 2.08. The maximum Gasteiger partial charge on any atom is 0.305 e. The SMILES string of the molecule is CC(O)CNc1cc(NCCC(=O)O)ncn1. The minimum Gasteiger partial charge on any atom is -0.481 e. The normalized spacial score (nSPS) is 11.9. The predicted octanol–water partition coefficient (Wildman–Crippen LogP) is 0.156. The molecule has 7 heteroatoms. The Kier molecular flexibility index (Phi) is 5.15. The fourth-order valence-corrected chi connectivity index (χ4v) is 1.10. The van der Waals surface area contributed by atoms with Crippen LogP contribution in [-0.4, -0.2) is 45.3 Å². The first-order valence-corrected chi connectivity index (χ1v) is 5.27. The molecule has 4 N–H and O–H groups in total. The van der Waals surface area contributed by atoms with E-state index in [4.69, 9.17) is 10.2 Å². The summed E-state index contributed by atoms with van der Waals surface area (Å²) in [6.07, 6.45) is 0.932. The fourth-order valence-electron chi connectivity index (χ4n) is 1.10. The highest BCUT2D eigenvalue weighted by Gasteiger charge is 2.01. The minimum atomic E-state index is -0.862. The third-order valence-corrected chi connectivity index (χ3v) is 1.89. The number of aliphatic hydroxyl groups excluding tert-OH is 1. The highest BCUT2D eigenvalue weighted by atomic mass is 16.4. The average Bonchev–Trinajstić information content (AvgIpc) is 2.26. The van der Waals surface area contributed by atoms with E-state index in [-0.39, 0.29) is 6.42 Å². The Morgan fingerprint density at radius 2 is 2.06 bits per heavy atom. The van der Waals surface area contributed by atoms with Crippen molar-refractivity contribution in [2.45, 2.75) is 19.4 Å². The lowest BCUT2D eigenvalue weighted by Gasteiger charge is -2.09. The Morgan fingerprint density at radius 1 is 1.41 bits per heavy atom. The molecule has 0 aliphatic heterocycles. The van der Waals surface area contributed by atoms with Crippen molar-refractivity contribution in [2.75, 3.05) is 23.7 Å². The number of hydrogen-bond donors (Lipinski definition) is 4. The molecule has 1 aromatic rings. The average molecular weight is 240 g/mol. The van der Waals surface area contributed by atoms with Crippen molar-refractivity contribution >= 4 is 17.6 Å². The molecule has 0 fully saturated rings. The van der Waals surface area contributed by atoms with Crippen molar-refractivity contribution in [2.24, 2.45) is 0 Å². The molecule has 1 unspecified atom stereocenters. The largest absolute Gasteiger partial charge is 0.481 e. The second-order valence-electron chi connectivity index (χ2n) is 3.59. The van der Waals surface area contributed by atoms with Crippen molar-refractivity contribution < 1.29 is 15.0 Å². The molecule has 0 aliphatic carbocycles. The van der Waals surface area contributed by atoms with Crippen molar-refractivity contribution in [1.29, 1.82) is 0 Å². The number of rotatable bonds is 7. The number of nitrogens with one attached hydrogen (secondary N) is 2. The molecule has 0 radical (unpaired) electrons. The first kappa shape index (κ1) is 13.2. The number of carboxylic acids is 1. The van der Waals surface area contributed by atoms with Gasteiger partial charge < -0.3 is 20.8 Å². The summed E-state index contributed by atoms with van der Waals surface area (Å²) < 4.78 is 0. The van der Waals surface area contributed by atoms with Crippen LogP contribution in [0.2, 0.25) is 0 Å². The van der Waals surface area contributed by atoms with Crippen molar-refractivity contribution in [3.05, 3.63) is 12.4 Å². The summed E-state index contributed by atoms with van der Waals surface area (Å²) in [5.41, 5.74) is 0. The maximum atomic E-state index is 10.3. The molecule has 1 heterocycles. The van der Waals surface area contributed by atoms with E-state index in [1.807, 2.05) is 0 Å². The summed E-state index contributed by atoms with van der Waals surface area (Å²) in [4.78, 5) is 18.2. The molecule has 0 amide bonds. The van der Waals surface area contributed by atoms with E-state index in [0.717, 1.165) is 0 Å². The van der Waals surface area contributed by atoms with Gasteiger partial charge in [0.15, 0.2) is 0 Å². The molecule has 0 saturated carbocycles. The van der Waals surface area contributed by atoms with Gasteiger partial charge in [0.25, 0.3) is 0 Å². The van der Waals surface area contributed by atoms with Crippen LogP contribution in [0.15, 0.2) is 12.4 Å². The van der Waals surface area contributed by atoms with E-state index in [0.29, 0.717) is 24.7 Å². The van der Waals surface area contributed by atoms with Gasteiger partial charge in [0, 0.05) is 19.2 Å². The third kappa shape index (κ3) is 5.67. The van der Waals surface area contributed by atoms with Gasteiger partial charge in [-0.2, -0.15) is 0 Å². The van der Waals surface area contributed by atoms with E-state index in [1.165, 1.54) is 6.33 Å². The molecule has 1 aromatic heterocycles. The summed E-state index contributed by atoms with van der Waals surface area (Å²) in [5, 5.41) is 23.4. The topological polar surface area (TPSA) is 107 Å². The minimum absolute atomic E-state index is 0.0282. The Labute approximate surface area is 98.9 Å². The van der Waals surface area contributed by atoms with Gasteiger partial charge in [-0.15, -0.1) is 0 Å². The molecule has 94 valence electrons. The van der Waals surface area contributed by atoms with Crippen LogP contribution in [0.1, 0.15) is 13.3 Å². The zero-order valence-electron chi connectivity index (χ0n) is 9.55. The Bertz CT molecular complexity index is 370. The molecule has 7 nitrogen and oxygen atoms in total. The number of carbonyl (C=O) groups is 1. The van der Waals surface area contributed by atoms with E-state index < -0.39 is 12.1 Å². The number of aliphatic hydroxyl groups is 1. The number of hydrogen-bond acceptors (Lipinski definition) is 6. The summed E-state index contributed by atoms with van der Waals surface area (Å²) in [7, 11) is 0. The lowest BCUT2D eigenvalue weighted by atomic mass is 10.4. The second kappa shape index (κ2) is 6.64. The molecular weight excluding hydrogens is 224 g/mol. The van der Waals surface area contributed by atoms with Crippen LogP contribution in [0.5, 0.6) is 0 Å². The predicted molar refractivity (Wildman–Crippen MR) is 62.9 cm³/mol. The number of nitrogens with zero attached hydrogens (tertiary/aromatic N) is 2. The van der Waals surface area contributed by atoms with Gasteiger partial charge in [-0.3, -0.25) is 4.79 Å². The van der Waals surface area contributed by atoms with Crippen LogP contribution in [0.4, 0.5) is 11.6 Å². The number of aromatic nitrogens is 2. The van der Waals surface area contributed by atoms with E-state index in [9.17, 15) is 4.79 Å². The van der Waals surface area contributed by atoms with Crippen molar-refractivity contribution in [3.63, 3.8) is 0 Å². The van der Waals surface area contributed by atoms with Crippen LogP contribution in [0.3, 0.4) is 0 Å². The van der Waals surface area contributed by atoms with E-state index in [1.54, 1.807) is 13.0 Å². The Morgan fingerprint density at radius 3 is 2.65 bits per heavy atom. The second-order valence-corrected chi connectivity index (χ2v) is 3.59. The molecule has 17 heavy (non-hydrogen) atoms. The van der Waals surface area contributed by atoms with Crippen LogP contribution in [-0.2, 0) is 4.79 Å². The zero-order chi connectivity index (χ0) is 12.7. The molecule has 0 aromatic carbocycles. The number of aliphatic carboxylic acids is 1. The third-order valence-electron chi connectivity index (χ3n) is 1.89. The van der Waals surface area contributed by atoms with E-state index in [2.05, 4.69) is 20.6 Å². The van der Waals surface area contributed by atoms with Crippen LogP contribution in [0.25, 0.3) is 0 Å². The van der Waals surface area contributed by atoms with Crippen molar-refractivity contribution in [1.82, 2.24) is 9.97 Å². The molecule has 0 saturated heterocycles. The summed E-state index contributed by atoms with van der Waals surface area (Å²) >= 11 is 0. The van der Waals surface area contributed by atoms with Gasteiger partial charge in [-0.25, -0.2) is 9.97 Å². The monoisotopic (exact) mass is 240 g/mol. The van der Waals surface area contributed by atoms with Gasteiger partial charge in [0.05, 0.1) is 12.5 Å². The molecule has 0 spiro atoms. The van der Waals surface area contributed by atoms with Crippen LogP contribution in [0, 0.1) is 0 Å². The van der Waals surface area contributed by atoms with E-state index >= 15 is 0 Å². The smallest absolute Gasteiger partial charge is 0.305 e. The standard InChI is InChI=1S/C10H16N4O3/c1-7(15)5-12-9-4-8(13-6-14-9)11-3-2-10(16)17/h4,6-7,15H,2-3,5H2,1H3,(H,16,17)(H2,11,12,13,14).